The molecule has 2 aromatic rings. The van der Waals surface area contributed by atoms with E-state index in [-0.39, 0.29) is 40.7 Å². The Kier molecular flexibility index (Phi) is 7.00. The second-order valence-corrected chi connectivity index (χ2v) is 8.52. The van der Waals surface area contributed by atoms with Gasteiger partial charge < -0.3 is 15.3 Å². The Bertz CT molecular complexity index is 1060. The van der Waals surface area contributed by atoms with Crippen molar-refractivity contribution >= 4 is 33.0 Å². The smallest absolute Gasteiger partial charge is 0.293 e. The Balaban J connectivity index is 2.40. The van der Waals surface area contributed by atoms with E-state index in [2.05, 4.69) is 5.32 Å². The molecule has 0 aliphatic heterocycles. The van der Waals surface area contributed by atoms with Gasteiger partial charge in [0.15, 0.2) is 0 Å². The van der Waals surface area contributed by atoms with E-state index in [0.29, 0.717) is 5.69 Å². The van der Waals surface area contributed by atoms with Crippen LogP contribution in [-0.2, 0) is 10.0 Å². The zero-order valence-electron chi connectivity index (χ0n) is 17.1. The summed E-state index contributed by atoms with van der Waals surface area (Å²) in [6.07, 6.45) is 0. The lowest BCUT2D eigenvalue weighted by molar-refractivity contribution is -0.384. The summed E-state index contributed by atoms with van der Waals surface area (Å²) in [5.41, 5.74) is -0.0577. The Morgan fingerprint density at radius 3 is 2.30 bits per heavy atom. The zero-order chi connectivity index (χ0) is 22.6. The highest BCUT2D eigenvalue weighted by Gasteiger charge is 2.24. The molecular weight excluding hydrogens is 412 g/mol. The predicted octanol–water partition coefficient (Wildman–Crippen LogP) is 2.65. The molecule has 10 nitrogen and oxygen atoms in total. The Morgan fingerprint density at radius 1 is 1.13 bits per heavy atom. The molecule has 0 saturated heterocycles. The van der Waals surface area contributed by atoms with Crippen LogP contribution in [0.1, 0.15) is 24.2 Å². The first-order valence-electron chi connectivity index (χ1n) is 9.13. The van der Waals surface area contributed by atoms with E-state index in [0.717, 1.165) is 12.1 Å². The standard InChI is InChI=1S/C19H24N4O6S/c1-5-22(6-2)30(28,29)14-8-10-18(24)15(12-14)20-19(25)13-7-9-16(21(3)4)17(11-13)23(26)27/h7-12,24H,5-6H2,1-4H3,(H,20,25). The minimum atomic E-state index is -3.80. The largest absolute Gasteiger partial charge is 0.506 e. The van der Waals surface area contributed by atoms with Crippen LogP contribution >= 0.6 is 0 Å². The maximum atomic E-state index is 12.7. The number of aromatic hydroxyl groups is 1. The summed E-state index contributed by atoms with van der Waals surface area (Å²) in [4.78, 5) is 24.8. The highest BCUT2D eigenvalue weighted by atomic mass is 32.2. The average molecular weight is 436 g/mol. The van der Waals surface area contributed by atoms with Crippen LogP contribution < -0.4 is 10.2 Å². The van der Waals surface area contributed by atoms with Crippen molar-refractivity contribution in [1.82, 2.24) is 4.31 Å². The average Bonchev–Trinajstić information content (AvgIpc) is 2.69. The number of carbonyl (C=O) groups excluding carboxylic acids is 1. The number of phenolic OH excluding ortho intramolecular Hbond substituents is 1. The number of rotatable bonds is 8. The van der Waals surface area contributed by atoms with Crippen LogP contribution in [0.4, 0.5) is 17.1 Å². The summed E-state index contributed by atoms with van der Waals surface area (Å²) < 4.78 is 26.6. The van der Waals surface area contributed by atoms with Crippen molar-refractivity contribution in [3.63, 3.8) is 0 Å². The first-order chi connectivity index (χ1) is 14.0. The fraction of sp³-hybridized carbons (Fsp3) is 0.316. The molecule has 0 aliphatic rings. The molecule has 0 aromatic heterocycles. The van der Waals surface area contributed by atoms with Gasteiger partial charge >= 0.3 is 0 Å². The molecule has 30 heavy (non-hydrogen) atoms. The van der Waals surface area contributed by atoms with Crippen LogP contribution in [0.2, 0.25) is 0 Å². The lowest BCUT2D eigenvalue weighted by Crippen LogP contribution is -2.30. The van der Waals surface area contributed by atoms with Gasteiger partial charge in [-0.15, -0.1) is 0 Å². The van der Waals surface area contributed by atoms with Crippen molar-refractivity contribution < 1.29 is 23.2 Å². The van der Waals surface area contributed by atoms with E-state index in [1.165, 1.54) is 28.6 Å². The number of nitro benzene ring substituents is 1. The molecule has 0 aliphatic carbocycles. The number of hydrogen-bond donors (Lipinski definition) is 2. The maximum absolute atomic E-state index is 12.7. The summed E-state index contributed by atoms with van der Waals surface area (Å²) in [5, 5.41) is 23.8. The highest BCUT2D eigenvalue weighted by Crippen LogP contribution is 2.30. The molecule has 0 unspecified atom stereocenters. The molecule has 2 aromatic carbocycles. The summed E-state index contributed by atoms with van der Waals surface area (Å²) in [6, 6.07) is 7.54. The van der Waals surface area contributed by atoms with Gasteiger partial charge in [-0.2, -0.15) is 4.31 Å². The molecule has 0 fully saturated rings. The van der Waals surface area contributed by atoms with Crippen LogP contribution in [0.15, 0.2) is 41.3 Å². The minimum Gasteiger partial charge on any atom is -0.506 e. The second-order valence-electron chi connectivity index (χ2n) is 6.58. The van der Waals surface area contributed by atoms with Gasteiger partial charge in [-0.3, -0.25) is 14.9 Å². The molecule has 0 radical (unpaired) electrons. The van der Waals surface area contributed by atoms with E-state index in [1.807, 2.05) is 0 Å². The van der Waals surface area contributed by atoms with Gasteiger partial charge in [-0.1, -0.05) is 13.8 Å². The van der Waals surface area contributed by atoms with Gasteiger partial charge in [0.2, 0.25) is 10.0 Å². The quantitative estimate of drug-likeness (QED) is 0.369. The number of anilines is 2. The molecule has 0 bridgehead atoms. The summed E-state index contributed by atoms with van der Waals surface area (Å²) in [7, 11) is -0.516. The van der Waals surface area contributed by atoms with Crippen LogP contribution in [0.5, 0.6) is 5.75 Å². The minimum absolute atomic E-state index is 0.0105. The third-order valence-electron chi connectivity index (χ3n) is 4.48. The fourth-order valence-electron chi connectivity index (χ4n) is 2.87. The topological polar surface area (TPSA) is 133 Å². The lowest BCUT2D eigenvalue weighted by atomic mass is 10.1. The SMILES string of the molecule is CCN(CC)S(=O)(=O)c1ccc(O)c(NC(=O)c2ccc(N(C)C)c([N+](=O)[O-])c2)c1. The molecule has 0 atom stereocenters. The molecule has 0 spiro atoms. The summed E-state index contributed by atoms with van der Waals surface area (Å²) in [6.45, 7) is 3.94. The predicted molar refractivity (Wildman–Crippen MR) is 114 cm³/mol. The number of hydrogen-bond acceptors (Lipinski definition) is 7. The Labute approximate surface area is 174 Å². The number of nitrogens with zero attached hydrogens (tertiary/aromatic N) is 3. The number of benzene rings is 2. The number of phenols is 1. The lowest BCUT2D eigenvalue weighted by Gasteiger charge is -2.19. The van der Waals surface area contributed by atoms with Crippen molar-refractivity contribution in [2.45, 2.75) is 18.7 Å². The zero-order valence-corrected chi connectivity index (χ0v) is 17.9. The van der Waals surface area contributed by atoms with E-state index in [9.17, 15) is 28.4 Å². The van der Waals surface area contributed by atoms with E-state index < -0.39 is 20.9 Å². The summed E-state index contributed by atoms with van der Waals surface area (Å²) in [5.74, 6) is -1.06. The monoisotopic (exact) mass is 436 g/mol. The molecule has 2 rings (SSSR count). The molecule has 2 N–H and O–H groups in total. The number of sulfonamides is 1. The maximum Gasteiger partial charge on any atom is 0.293 e. The number of nitrogens with one attached hydrogen (secondary N) is 1. The van der Waals surface area contributed by atoms with Crippen molar-refractivity contribution in [3.8, 4) is 5.75 Å². The first-order valence-corrected chi connectivity index (χ1v) is 10.6. The Hall–Kier alpha value is -3.18. The highest BCUT2D eigenvalue weighted by molar-refractivity contribution is 7.89. The fourth-order valence-corrected chi connectivity index (χ4v) is 4.36. The van der Waals surface area contributed by atoms with E-state index >= 15 is 0 Å². The number of carbonyl (C=O) groups is 1. The van der Waals surface area contributed by atoms with Crippen LogP contribution in [0, 0.1) is 10.1 Å². The van der Waals surface area contributed by atoms with E-state index in [1.54, 1.807) is 32.8 Å². The molecule has 1 amide bonds. The van der Waals surface area contributed by atoms with Gasteiger partial charge in [0.1, 0.15) is 11.4 Å². The first kappa shape index (κ1) is 23.1. The molecule has 162 valence electrons. The number of amides is 1. The third kappa shape index (κ3) is 4.69. The molecule has 11 heteroatoms. The van der Waals surface area contributed by atoms with Crippen molar-refractivity contribution in [1.29, 1.82) is 0 Å². The van der Waals surface area contributed by atoms with Gasteiger partial charge in [0.25, 0.3) is 11.6 Å². The van der Waals surface area contributed by atoms with Crippen molar-refractivity contribution in [3.05, 3.63) is 52.1 Å². The van der Waals surface area contributed by atoms with Crippen molar-refractivity contribution in [2.75, 3.05) is 37.4 Å². The molecule has 0 saturated carbocycles. The van der Waals surface area contributed by atoms with Crippen LogP contribution in [-0.4, -0.2) is 55.8 Å². The van der Waals surface area contributed by atoms with Gasteiger partial charge in [0, 0.05) is 38.8 Å². The van der Waals surface area contributed by atoms with Gasteiger partial charge in [0.05, 0.1) is 15.5 Å². The normalized spacial score (nSPS) is 11.4. The van der Waals surface area contributed by atoms with Crippen molar-refractivity contribution in [2.24, 2.45) is 0 Å². The van der Waals surface area contributed by atoms with Gasteiger partial charge in [-0.05, 0) is 30.3 Å². The number of nitro groups is 1. The van der Waals surface area contributed by atoms with Crippen LogP contribution in [0.3, 0.4) is 0 Å². The third-order valence-corrected chi connectivity index (χ3v) is 6.52. The van der Waals surface area contributed by atoms with E-state index in [4.69, 9.17) is 0 Å². The molecular formula is C19H24N4O6S. The van der Waals surface area contributed by atoms with Gasteiger partial charge in [-0.25, -0.2) is 8.42 Å². The summed E-state index contributed by atoms with van der Waals surface area (Å²) >= 11 is 0. The molecule has 0 heterocycles. The Morgan fingerprint density at radius 2 is 1.77 bits per heavy atom. The van der Waals surface area contributed by atoms with Crippen LogP contribution in [0.25, 0.3) is 0 Å². The second kappa shape index (κ2) is 9.09.